The molecule has 4 heteroatoms. The fourth-order valence-electron chi connectivity index (χ4n) is 2.39. The molecule has 0 spiro atoms. The van der Waals surface area contributed by atoms with E-state index in [0.29, 0.717) is 12.6 Å². The number of nitrogens with one attached hydrogen (secondary N) is 1. The third-order valence-electron chi connectivity index (χ3n) is 3.33. The van der Waals surface area contributed by atoms with E-state index in [1.54, 1.807) is 0 Å². The molecule has 15 heavy (non-hydrogen) atoms. The van der Waals surface area contributed by atoms with Crippen LogP contribution in [0.4, 0.5) is 0 Å². The van der Waals surface area contributed by atoms with Gasteiger partial charge in [0.25, 0.3) is 0 Å². The molecule has 4 nitrogen and oxygen atoms in total. The van der Waals surface area contributed by atoms with Crippen molar-refractivity contribution in [1.82, 2.24) is 10.2 Å². The highest BCUT2D eigenvalue weighted by Crippen LogP contribution is 2.22. The smallest absolute Gasteiger partial charge is 0.228 e. The molecule has 1 N–H and O–H groups in total. The highest BCUT2D eigenvalue weighted by molar-refractivity contribution is 5.79. The predicted octanol–water partition coefficient (Wildman–Crippen LogP) is 0.232. The quantitative estimate of drug-likeness (QED) is 0.676. The molecule has 0 aromatic rings. The Morgan fingerprint density at radius 1 is 1.47 bits per heavy atom. The molecule has 2 saturated heterocycles. The minimum absolute atomic E-state index is 0.0977. The molecule has 0 bridgehead atoms. The summed E-state index contributed by atoms with van der Waals surface area (Å²) in [6, 6.07) is 0.321. The first-order chi connectivity index (χ1) is 7.18. The molecule has 2 heterocycles. The van der Waals surface area contributed by atoms with Crippen LogP contribution in [0.2, 0.25) is 0 Å². The Morgan fingerprint density at radius 3 is 2.87 bits per heavy atom. The summed E-state index contributed by atoms with van der Waals surface area (Å²) in [7, 11) is 0. The summed E-state index contributed by atoms with van der Waals surface area (Å²) in [4.78, 5) is 14.2. The molecule has 0 aromatic heterocycles. The van der Waals surface area contributed by atoms with Crippen molar-refractivity contribution in [3.05, 3.63) is 0 Å². The van der Waals surface area contributed by atoms with E-state index in [0.717, 1.165) is 26.1 Å². The van der Waals surface area contributed by atoms with E-state index in [-0.39, 0.29) is 17.9 Å². The molecule has 2 aliphatic rings. The highest BCUT2D eigenvalue weighted by Gasteiger charge is 2.33. The molecule has 0 radical (unpaired) electrons. The normalized spacial score (nSPS) is 36.9. The predicted molar refractivity (Wildman–Crippen MR) is 57.6 cm³/mol. The molecule has 0 aliphatic carbocycles. The highest BCUT2D eigenvalue weighted by atomic mass is 16.5. The number of ether oxygens (including phenoxy) is 1. The molecule has 2 fully saturated rings. The van der Waals surface area contributed by atoms with Crippen LogP contribution in [0.3, 0.4) is 0 Å². The van der Waals surface area contributed by atoms with Crippen LogP contribution in [-0.2, 0) is 9.53 Å². The number of nitrogens with zero attached hydrogens (tertiary/aromatic N) is 1. The number of carbonyl (C=O) groups excluding carboxylic acids is 1. The van der Waals surface area contributed by atoms with Crippen molar-refractivity contribution in [2.45, 2.75) is 32.4 Å². The van der Waals surface area contributed by atoms with Crippen LogP contribution < -0.4 is 5.32 Å². The number of piperazine rings is 1. The summed E-state index contributed by atoms with van der Waals surface area (Å²) >= 11 is 0. The molecule has 2 aliphatic heterocycles. The van der Waals surface area contributed by atoms with Gasteiger partial charge in [-0.2, -0.15) is 0 Å². The van der Waals surface area contributed by atoms with E-state index >= 15 is 0 Å². The van der Waals surface area contributed by atoms with Crippen LogP contribution in [0, 0.1) is 5.92 Å². The summed E-state index contributed by atoms with van der Waals surface area (Å²) in [5.74, 6) is 0.383. The largest absolute Gasteiger partial charge is 0.378 e. The number of rotatable bonds is 1. The molecular formula is C11H20N2O2. The molecule has 3 atom stereocenters. The van der Waals surface area contributed by atoms with Crippen molar-refractivity contribution >= 4 is 5.91 Å². The second-order valence-corrected chi connectivity index (χ2v) is 4.66. The minimum Gasteiger partial charge on any atom is -0.378 e. The van der Waals surface area contributed by atoms with Crippen LogP contribution in [0.25, 0.3) is 0 Å². The van der Waals surface area contributed by atoms with Gasteiger partial charge in [0, 0.05) is 25.7 Å². The van der Waals surface area contributed by atoms with E-state index in [2.05, 4.69) is 12.2 Å². The lowest BCUT2D eigenvalue weighted by atomic mass is 10.0. The van der Waals surface area contributed by atoms with Gasteiger partial charge in [-0.1, -0.05) is 0 Å². The second-order valence-electron chi connectivity index (χ2n) is 4.66. The van der Waals surface area contributed by atoms with Crippen molar-refractivity contribution in [1.29, 1.82) is 0 Å². The number of hydrogen-bond donors (Lipinski definition) is 1. The van der Waals surface area contributed by atoms with E-state index in [9.17, 15) is 4.79 Å². The molecule has 86 valence electrons. The maximum Gasteiger partial charge on any atom is 0.228 e. The zero-order chi connectivity index (χ0) is 10.8. The Bertz CT molecular complexity index is 245. The maximum atomic E-state index is 12.2. The van der Waals surface area contributed by atoms with Gasteiger partial charge in [-0.25, -0.2) is 0 Å². The molecular weight excluding hydrogens is 192 g/mol. The molecule has 0 aromatic carbocycles. The zero-order valence-corrected chi connectivity index (χ0v) is 9.53. The van der Waals surface area contributed by atoms with Crippen LogP contribution in [0.1, 0.15) is 20.3 Å². The number of amides is 1. The SMILES string of the molecule is CC1CC(C(=O)N2CCNC[C@H]2C)CO1. The van der Waals surface area contributed by atoms with Gasteiger partial charge in [0.05, 0.1) is 18.6 Å². The van der Waals surface area contributed by atoms with Crippen LogP contribution in [-0.4, -0.2) is 49.2 Å². The first-order valence-corrected chi connectivity index (χ1v) is 5.81. The summed E-state index contributed by atoms with van der Waals surface area (Å²) in [5.41, 5.74) is 0. The average molecular weight is 212 g/mol. The zero-order valence-electron chi connectivity index (χ0n) is 9.53. The van der Waals surface area contributed by atoms with E-state index in [4.69, 9.17) is 4.74 Å². The summed E-state index contributed by atoms with van der Waals surface area (Å²) in [6.45, 7) is 7.41. The summed E-state index contributed by atoms with van der Waals surface area (Å²) in [5, 5.41) is 3.29. The average Bonchev–Trinajstić information content (AvgIpc) is 2.65. The van der Waals surface area contributed by atoms with Gasteiger partial charge in [-0.15, -0.1) is 0 Å². The van der Waals surface area contributed by atoms with Gasteiger partial charge in [-0.3, -0.25) is 4.79 Å². The lowest BCUT2D eigenvalue weighted by Crippen LogP contribution is -2.53. The Morgan fingerprint density at radius 2 is 2.27 bits per heavy atom. The van der Waals surface area contributed by atoms with Crippen molar-refractivity contribution in [2.75, 3.05) is 26.2 Å². The van der Waals surface area contributed by atoms with Gasteiger partial charge >= 0.3 is 0 Å². The maximum absolute atomic E-state index is 12.2. The van der Waals surface area contributed by atoms with Gasteiger partial charge < -0.3 is 15.0 Å². The van der Waals surface area contributed by atoms with Crippen molar-refractivity contribution in [3.63, 3.8) is 0 Å². The van der Waals surface area contributed by atoms with Gasteiger partial charge in [0.2, 0.25) is 5.91 Å². The fourth-order valence-corrected chi connectivity index (χ4v) is 2.39. The topological polar surface area (TPSA) is 41.6 Å². The fraction of sp³-hybridized carbons (Fsp3) is 0.909. The van der Waals surface area contributed by atoms with E-state index < -0.39 is 0 Å². The Kier molecular flexibility index (Phi) is 3.26. The summed E-state index contributed by atoms with van der Waals surface area (Å²) < 4.78 is 5.45. The molecule has 0 saturated carbocycles. The van der Waals surface area contributed by atoms with Crippen molar-refractivity contribution in [2.24, 2.45) is 5.92 Å². The van der Waals surface area contributed by atoms with Crippen molar-refractivity contribution in [3.8, 4) is 0 Å². The Hall–Kier alpha value is -0.610. The third-order valence-corrected chi connectivity index (χ3v) is 3.33. The van der Waals surface area contributed by atoms with E-state index in [1.165, 1.54) is 0 Å². The monoisotopic (exact) mass is 212 g/mol. The Balaban J connectivity index is 1.94. The second kappa shape index (κ2) is 4.49. The van der Waals surface area contributed by atoms with Crippen LogP contribution in [0.15, 0.2) is 0 Å². The lowest BCUT2D eigenvalue weighted by molar-refractivity contribution is -0.138. The van der Waals surface area contributed by atoms with Gasteiger partial charge in [0.1, 0.15) is 0 Å². The van der Waals surface area contributed by atoms with Crippen LogP contribution >= 0.6 is 0 Å². The summed E-state index contributed by atoms with van der Waals surface area (Å²) in [6.07, 6.45) is 1.13. The minimum atomic E-state index is 0.0977. The van der Waals surface area contributed by atoms with Crippen LogP contribution in [0.5, 0.6) is 0 Å². The standard InChI is InChI=1S/C11H20N2O2/c1-8-6-12-3-4-13(8)11(14)10-5-9(2)15-7-10/h8-10,12H,3-7H2,1-2H3/t8-,9?,10?/m1/s1. The van der Waals surface area contributed by atoms with Crippen molar-refractivity contribution < 1.29 is 9.53 Å². The number of hydrogen-bond acceptors (Lipinski definition) is 3. The first-order valence-electron chi connectivity index (χ1n) is 5.81. The van der Waals surface area contributed by atoms with E-state index in [1.807, 2.05) is 11.8 Å². The lowest BCUT2D eigenvalue weighted by Gasteiger charge is -2.35. The molecule has 2 rings (SSSR count). The first kappa shape index (κ1) is 10.9. The van der Waals surface area contributed by atoms with Gasteiger partial charge in [-0.05, 0) is 20.3 Å². The number of carbonyl (C=O) groups is 1. The molecule has 1 amide bonds. The Labute approximate surface area is 91.0 Å². The third kappa shape index (κ3) is 2.32. The van der Waals surface area contributed by atoms with Gasteiger partial charge in [0.15, 0.2) is 0 Å². The molecule has 2 unspecified atom stereocenters.